The molecule has 0 unspecified atom stereocenters. The Labute approximate surface area is 160 Å². The van der Waals surface area contributed by atoms with Gasteiger partial charge in [-0.1, -0.05) is 17.7 Å². The second-order valence-electron chi connectivity index (χ2n) is 5.48. The third kappa shape index (κ3) is 3.71. The number of hydrogen-bond acceptors (Lipinski definition) is 4. The van der Waals surface area contributed by atoms with E-state index in [0.29, 0.717) is 15.7 Å². The van der Waals surface area contributed by atoms with E-state index in [2.05, 4.69) is 31.1 Å². The molecular formula is C17H12BrClFN3O3. The summed E-state index contributed by atoms with van der Waals surface area (Å²) in [6.45, 7) is 1.63. The van der Waals surface area contributed by atoms with Crippen LogP contribution in [0.1, 0.15) is 16.8 Å². The van der Waals surface area contributed by atoms with Crippen molar-refractivity contribution in [3.05, 3.63) is 83.3 Å². The summed E-state index contributed by atoms with van der Waals surface area (Å²) in [4.78, 5) is 25.7. The molecule has 0 saturated carbocycles. The number of rotatable bonds is 4. The third-order valence-electron chi connectivity index (χ3n) is 3.61. The summed E-state index contributed by atoms with van der Waals surface area (Å²) in [6, 6.07) is 6.10. The molecule has 134 valence electrons. The molecule has 6 nitrogen and oxygen atoms in total. The number of benzene rings is 1. The van der Waals surface area contributed by atoms with Crippen molar-refractivity contribution in [2.45, 2.75) is 13.3 Å². The molecule has 0 aliphatic rings. The first-order chi connectivity index (χ1) is 12.4. The maximum absolute atomic E-state index is 14.9. The van der Waals surface area contributed by atoms with E-state index in [1.165, 1.54) is 18.3 Å². The largest absolute Gasteiger partial charge is 0.446 e. The molecule has 0 amide bonds. The summed E-state index contributed by atoms with van der Waals surface area (Å²) in [6.07, 6.45) is 1.54. The van der Waals surface area contributed by atoms with E-state index in [9.17, 15) is 14.0 Å². The second-order valence-corrected chi connectivity index (χ2v) is 6.75. The molecule has 2 heterocycles. The highest BCUT2D eigenvalue weighted by Crippen LogP contribution is 2.35. The molecule has 0 spiro atoms. The number of halogens is 3. The van der Waals surface area contributed by atoms with Crippen molar-refractivity contribution >= 4 is 27.5 Å². The highest BCUT2D eigenvalue weighted by Gasteiger charge is 2.18. The fraction of sp³-hybridized carbons (Fsp3) is 0.118. The van der Waals surface area contributed by atoms with Gasteiger partial charge in [-0.05, 0) is 46.6 Å². The zero-order chi connectivity index (χ0) is 18.8. The zero-order valence-electron chi connectivity index (χ0n) is 13.4. The topological polar surface area (TPSA) is 87.8 Å². The average molecular weight is 441 g/mol. The molecule has 0 atom stereocenters. The fourth-order valence-electron chi connectivity index (χ4n) is 2.28. The minimum absolute atomic E-state index is 0.0204. The Bertz CT molecular complexity index is 1100. The molecule has 0 aliphatic heterocycles. The van der Waals surface area contributed by atoms with Crippen LogP contribution >= 0.6 is 27.5 Å². The third-order valence-corrected chi connectivity index (χ3v) is 4.54. The Morgan fingerprint density at radius 1 is 1.23 bits per heavy atom. The molecule has 2 N–H and O–H groups in total. The molecule has 1 aromatic carbocycles. The number of nitrogens with one attached hydrogen (secondary N) is 2. The van der Waals surface area contributed by atoms with Crippen LogP contribution in [-0.2, 0) is 6.42 Å². The van der Waals surface area contributed by atoms with Crippen LogP contribution in [0.3, 0.4) is 0 Å². The van der Waals surface area contributed by atoms with Crippen LogP contribution in [0, 0.1) is 12.7 Å². The number of nitrogens with zero attached hydrogens (tertiary/aromatic N) is 1. The highest BCUT2D eigenvalue weighted by atomic mass is 79.9. The maximum Gasteiger partial charge on any atom is 0.292 e. The standard InChI is InChI=1S/C17H12BrClFN3O3/c1-8-6-10(22-23-16(8)24)7-9-2-3-12(19)15(13(9)20)26-14-11(18)4-5-21-17(14)25/h2-6H,7H2,1H3,(H,21,25)(H,23,24). The van der Waals surface area contributed by atoms with Crippen molar-refractivity contribution in [3.8, 4) is 11.5 Å². The van der Waals surface area contributed by atoms with E-state index in [0.717, 1.165) is 0 Å². The van der Waals surface area contributed by atoms with E-state index in [1.807, 2.05) is 0 Å². The molecule has 0 aliphatic carbocycles. The first kappa shape index (κ1) is 18.3. The average Bonchev–Trinajstić information content (AvgIpc) is 2.59. The number of aryl methyl sites for hydroxylation is 1. The second kappa shape index (κ2) is 7.43. The van der Waals surface area contributed by atoms with Crippen molar-refractivity contribution in [2.75, 3.05) is 0 Å². The lowest BCUT2D eigenvalue weighted by atomic mass is 10.1. The smallest absolute Gasteiger partial charge is 0.292 e. The quantitative estimate of drug-likeness (QED) is 0.647. The maximum atomic E-state index is 14.9. The number of aromatic nitrogens is 3. The van der Waals surface area contributed by atoms with Crippen molar-refractivity contribution in [1.82, 2.24) is 15.2 Å². The molecular weight excluding hydrogens is 429 g/mol. The van der Waals surface area contributed by atoms with Gasteiger partial charge in [0.1, 0.15) is 0 Å². The van der Waals surface area contributed by atoms with Gasteiger partial charge in [0.25, 0.3) is 11.1 Å². The normalized spacial score (nSPS) is 10.8. The van der Waals surface area contributed by atoms with Crippen LogP contribution in [0.25, 0.3) is 0 Å². The molecule has 26 heavy (non-hydrogen) atoms. The summed E-state index contributed by atoms with van der Waals surface area (Å²) in [5, 5.41) is 6.27. The molecule has 0 saturated heterocycles. The Morgan fingerprint density at radius 2 is 2.00 bits per heavy atom. The van der Waals surface area contributed by atoms with Gasteiger partial charge in [-0.2, -0.15) is 5.10 Å². The Balaban J connectivity index is 2.00. The number of aromatic amines is 2. The van der Waals surface area contributed by atoms with Crippen molar-refractivity contribution < 1.29 is 9.13 Å². The van der Waals surface area contributed by atoms with Crippen LogP contribution in [0.4, 0.5) is 4.39 Å². The van der Waals surface area contributed by atoms with Crippen LogP contribution in [0.5, 0.6) is 11.5 Å². The Morgan fingerprint density at radius 3 is 2.69 bits per heavy atom. The minimum Gasteiger partial charge on any atom is -0.446 e. The van der Waals surface area contributed by atoms with Gasteiger partial charge in [0, 0.05) is 18.2 Å². The Kier molecular flexibility index (Phi) is 5.24. The van der Waals surface area contributed by atoms with E-state index >= 15 is 0 Å². The number of pyridine rings is 1. The van der Waals surface area contributed by atoms with Crippen molar-refractivity contribution in [2.24, 2.45) is 0 Å². The van der Waals surface area contributed by atoms with Crippen LogP contribution in [0.15, 0.2) is 44.5 Å². The summed E-state index contributed by atoms with van der Waals surface area (Å²) in [7, 11) is 0. The zero-order valence-corrected chi connectivity index (χ0v) is 15.7. The van der Waals surface area contributed by atoms with Crippen LogP contribution < -0.4 is 15.9 Å². The monoisotopic (exact) mass is 439 g/mol. The summed E-state index contributed by atoms with van der Waals surface area (Å²) in [5.74, 6) is -1.08. The lowest BCUT2D eigenvalue weighted by Crippen LogP contribution is -2.13. The van der Waals surface area contributed by atoms with Crippen LogP contribution in [0.2, 0.25) is 5.02 Å². The first-order valence-electron chi connectivity index (χ1n) is 7.44. The fourth-order valence-corrected chi connectivity index (χ4v) is 2.86. The van der Waals surface area contributed by atoms with Gasteiger partial charge in [0.05, 0.1) is 15.2 Å². The Hall–Kier alpha value is -2.45. The van der Waals surface area contributed by atoms with Gasteiger partial charge >= 0.3 is 0 Å². The van der Waals surface area contributed by atoms with E-state index in [1.54, 1.807) is 19.1 Å². The molecule has 3 aromatic rings. The highest BCUT2D eigenvalue weighted by molar-refractivity contribution is 9.10. The van der Waals surface area contributed by atoms with Gasteiger partial charge < -0.3 is 9.72 Å². The summed E-state index contributed by atoms with van der Waals surface area (Å²) < 4.78 is 20.7. The predicted molar refractivity (Wildman–Crippen MR) is 98.6 cm³/mol. The number of hydrogen-bond donors (Lipinski definition) is 2. The number of H-pyrrole nitrogens is 2. The molecule has 3 rings (SSSR count). The molecule has 0 radical (unpaired) electrons. The first-order valence-corrected chi connectivity index (χ1v) is 8.61. The molecule has 9 heteroatoms. The minimum atomic E-state index is -0.710. The van der Waals surface area contributed by atoms with Crippen molar-refractivity contribution in [3.63, 3.8) is 0 Å². The van der Waals surface area contributed by atoms with E-state index < -0.39 is 11.4 Å². The van der Waals surface area contributed by atoms with E-state index in [-0.39, 0.29) is 34.1 Å². The van der Waals surface area contributed by atoms with Crippen LogP contribution in [-0.4, -0.2) is 15.2 Å². The molecule has 2 aromatic heterocycles. The SMILES string of the molecule is Cc1cc(Cc2ccc(Cl)c(Oc3c(Br)cc[nH]c3=O)c2F)n[nH]c1=O. The summed E-state index contributed by atoms with van der Waals surface area (Å²) >= 11 is 9.24. The molecule has 0 bridgehead atoms. The van der Waals surface area contributed by atoms with Gasteiger partial charge in [0.15, 0.2) is 11.6 Å². The van der Waals surface area contributed by atoms with Gasteiger partial charge in [-0.3, -0.25) is 9.59 Å². The number of ether oxygens (including phenoxy) is 1. The van der Waals surface area contributed by atoms with Gasteiger partial charge in [-0.15, -0.1) is 0 Å². The van der Waals surface area contributed by atoms with E-state index in [4.69, 9.17) is 16.3 Å². The molecule has 0 fully saturated rings. The van der Waals surface area contributed by atoms with Gasteiger partial charge in [0.2, 0.25) is 5.75 Å². The lowest BCUT2D eigenvalue weighted by molar-refractivity contribution is 0.431. The predicted octanol–water partition coefficient (Wildman–Crippen LogP) is 3.70. The van der Waals surface area contributed by atoms with Crippen molar-refractivity contribution in [1.29, 1.82) is 0 Å². The van der Waals surface area contributed by atoms with Gasteiger partial charge in [-0.25, -0.2) is 9.49 Å². The lowest BCUT2D eigenvalue weighted by Gasteiger charge is -2.12. The summed E-state index contributed by atoms with van der Waals surface area (Å²) in [5.41, 5.74) is 0.376.